The van der Waals surface area contributed by atoms with E-state index < -0.39 is 8.38 Å². The monoisotopic (exact) mass is 369 g/mol. The van der Waals surface area contributed by atoms with Gasteiger partial charge in [-0.2, -0.15) is 0 Å². The molecular weight excluding hydrogens is 337 g/mol. The molecule has 142 valence electrons. The van der Waals surface area contributed by atoms with E-state index in [9.17, 15) is 0 Å². The van der Waals surface area contributed by atoms with Crippen molar-refractivity contribution in [3.8, 4) is 0 Å². The van der Waals surface area contributed by atoms with Gasteiger partial charge in [0.1, 0.15) is 12.2 Å². The summed E-state index contributed by atoms with van der Waals surface area (Å²) in [5, 5.41) is 0. The van der Waals surface area contributed by atoms with Gasteiger partial charge in [0.25, 0.3) is 0 Å². The van der Waals surface area contributed by atoms with Gasteiger partial charge >= 0.3 is 0 Å². The van der Waals surface area contributed by atoms with Gasteiger partial charge in [0.05, 0.1) is 19.8 Å². The molecule has 1 aliphatic rings. The molecule has 0 saturated carbocycles. The van der Waals surface area contributed by atoms with Crippen LogP contribution >= 0.6 is 8.38 Å². The van der Waals surface area contributed by atoms with Crippen LogP contribution in [0, 0.1) is 0 Å². The highest BCUT2D eigenvalue weighted by Crippen LogP contribution is 2.40. The first-order valence-corrected chi connectivity index (χ1v) is 10.0. The molecule has 1 fully saturated rings. The number of hydrogen-bond donors (Lipinski definition) is 1. The predicted molar refractivity (Wildman–Crippen MR) is 105 cm³/mol. The van der Waals surface area contributed by atoms with Crippen molar-refractivity contribution in [2.45, 2.75) is 40.5 Å². The first-order chi connectivity index (χ1) is 12.0. The van der Waals surface area contributed by atoms with Crippen molar-refractivity contribution in [3.05, 3.63) is 35.8 Å². The molecule has 0 amide bonds. The van der Waals surface area contributed by atoms with E-state index in [2.05, 4.69) is 36.5 Å². The topological polar surface area (TPSA) is 69.3 Å². The van der Waals surface area contributed by atoms with Crippen molar-refractivity contribution in [1.29, 1.82) is 0 Å². The number of aliphatic imine (C=N–C) groups is 1. The quantitative estimate of drug-likeness (QED) is 0.287. The van der Waals surface area contributed by atoms with E-state index in [-0.39, 0.29) is 0 Å². The van der Waals surface area contributed by atoms with E-state index in [0.29, 0.717) is 19.5 Å². The van der Waals surface area contributed by atoms with Crippen molar-refractivity contribution >= 4 is 14.2 Å². The molecule has 0 spiro atoms. The normalized spacial score (nSPS) is 18.1. The Labute approximate surface area is 153 Å². The molecule has 0 aliphatic carbocycles. The highest BCUT2D eigenvalue weighted by Gasteiger charge is 2.16. The Balaban J connectivity index is 2.73. The molecule has 0 aromatic heterocycles. The van der Waals surface area contributed by atoms with Gasteiger partial charge in [0.15, 0.2) is 8.38 Å². The highest BCUT2D eigenvalue weighted by atomic mass is 31.2. The minimum atomic E-state index is -0.899. The van der Waals surface area contributed by atoms with E-state index in [1.807, 2.05) is 13.8 Å². The van der Waals surface area contributed by atoms with Crippen LogP contribution in [0.5, 0.6) is 0 Å². The summed E-state index contributed by atoms with van der Waals surface area (Å²) in [4.78, 5) is 6.50. The summed E-state index contributed by atoms with van der Waals surface area (Å²) in [5.74, 6) is 0.794. The Morgan fingerprint density at radius 2 is 2.00 bits per heavy atom. The smallest absolute Gasteiger partial charge is 0.198 e. The Morgan fingerprint density at radius 1 is 1.32 bits per heavy atom. The summed E-state index contributed by atoms with van der Waals surface area (Å²) in [6.45, 7) is 14.5. The summed E-state index contributed by atoms with van der Waals surface area (Å²) in [6.07, 6.45) is 6.06. The van der Waals surface area contributed by atoms with E-state index in [4.69, 9.17) is 19.5 Å². The maximum atomic E-state index is 5.98. The Bertz CT molecular complexity index is 508. The summed E-state index contributed by atoms with van der Waals surface area (Å²) in [5.41, 5.74) is 8.90. The molecule has 0 bridgehead atoms. The molecule has 1 saturated heterocycles. The molecule has 1 heterocycles. The van der Waals surface area contributed by atoms with Gasteiger partial charge in [-0.1, -0.05) is 19.1 Å². The predicted octanol–water partition coefficient (Wildman–Crippen LogP) is 4.12. The fourth-order valence-corrected chi connectivity index (χ4v) is 3.21. The second kappa shape index (κ2) is 12.2. The summed E-state index contributed by atoms with van der Waals surface area (Å²) >= 11 is 0. The van der Waals surface area contributed by atoms with Crippen LogP contribution in [0.3, 0.4) is 0 Å². The van der Waals surface area contributed by atoms with Crippen molar-refractivity contribution in [1.82, 2.24) is 4.90 Å². The zero-order chi connectivity index (χ0) is 18.7. The molecule has 0 unspecified atom stereocenters. The zero-order valence-corrected chi connectivity index (χ0v) is 16.8. The van der Waals surface area contributed by atoms with Crippen molar-refractivity contribution in [3.63, 3.8) is 0 Å². The maximum Gasteiger partial charge on any atom is 0.198 e. The van der Waals surface area contributed by atoms with Crippen molar-refractivity contribution in [2.75, 3.05) is 32.7 Å². The number of nitrogens with zero attached hydrogens (tertiary/aromatic N) is 2. The summed E-state index contributed by atoms with van der Waals surface area (Å²) < 4.78 is 16.9. The zero-order valence-electron chi connectivity index (χ0n) is 16.0. The van der Waals surface area contributed by atoms with Crippen LogP contribution < -0.4 is 5.73 Å². The average molecular weight is 369 g/mol. The molecule has 1 aliphatic heterocycles. The third-order valence-electron chi connectivity index (χ3n) is 3.78. The second-order valence-corrected chi connectivity index (χ2v) is 7.30. The molecular formula is C18H32N3O3P. The first-order valence-electron chi connectivity index (χ1n) is 8.66. The Kier molecular flexibility index (Phi) is 10.7. The molecule has 0 radical (unpaired) electrons. The minimum Gasteiger partial charge on any atom is -0.402 e. The standard InChI is InChI=1S/C18H32N3O3P/c1-6-15(3)13-21(18(20-7-2)16(4)17(5)19)9-12-22-14-25-23-10-8-11-24-25/h7,13H,2,6,8-12,14,19H2,1,3-5H3/b15-13-,17-16+,20-18?. The summed E-state index contributed by atoms with van der Waals surface area (Å²) in [7, 11) is -0.899. The number of ether oxygens (including phenoxy) is 1. The van der Waals surface area contributed by atoms with Gasteiger partial charge in [-0.25, -0.2) is 4.99 Å². The number of rotatable bonds is 9. The lowest BCUT2D eigenvalue weighted by Gasteiger charge is -2.25. The molecule has 25 heavy (non-hydrogen) atoms. The minimum absolute atomic E-state index is 0.498. The first kappa shape index (κ1) is 21.8. The van der Waals surface area contributed by atoms with Crippen LogP contribution in [-0.4, -0.2) is 43.4 Å². The van der Waals surface area contributed by atoms with Gasteiger partial charge in [-0.05, 0) is 33.6 Å². The van der Waals surface area contributed by atoms with Gasteiger partial charge in [0, 0.05) is 30.2 Å². The second-order valence-electron chi connectivity index (χ2n) is 5.86. The average Bonchev–Trinajstić information content (AvgIpc) is 2.62. The van der Waals surface area contributed by atoms with Crippen LogP contribution in [0.15, 0.2) is 40.8 Å². The van der Waals surface area contributed by atoms with Crippen LogP contribution in [0.25, 0.3) is 0 Å². The molecule has 0 aromatic rings. The van der Waals surface area contributed by atoms with E-state index in [0.717, 1.165) is 43.2 Å². The molecule has 0 aromatic carbocycles. The third-order valence-corrected chi connectivity index (χ3v) is 5.11. The van der Waals surface area contributed by atoms with Gasteiger partial charge in [0.2, 0.25) is 0 Å². The van der Waals surface area contributed by atoms with Crippen molar-refractivity contribution in [2.24, 2.45) is 10.7 Å². The van der Waals surface area contributed by atoms with Crippen LogP contribution in [0.4, 0.5) is 0 Å². The fourth-order valence-electron chi connectivity index (χ4n) is 2.04. The van der Waals surface area contributed by atoms with E-state index in [1.54, 1.807) is 0 Å². The van der Waals surface area contributed by atoms with Crippen LogP contribution in [-0.2, 0) is 13.8 Å². The molecule has 1 rings (SSSR count). The lowest BCUT2D eigenvalue weighted by Crippen LogP contribution is -2.31. The van der Waals surface area contributed by atoms with Gasteiger partial charge in [-0.15, -0.1) is 0 Å². The van der Waals surface area contributed by atoms with E-state index >= 15 is 0 Å². The lowest BCUT2D eigenvalue weighted by atomic mass is 10.2. The van der Waals surface area contributed by atoms with Crippen molar-refractivity contribution < 1.29 is 13.8 Å². The number of hydrogen-bond acceptors (Lipinski definition) is 5. The van der Waals surface area contributed by atoms with Crippen LogP contribution in [0.1, 0.15) is 40.5 Å². The molecule has 2 N–H and O–H groups in total. The molecule has 0 atom stereocenters. The van der Waals surface area contributed by atoms with E-state index in [1.165, 1.54) is 11.8 Å². The fraction of sp³-hybridized carbons (Fsp3) is 0.611. The molecule has 7 heteroatoms. The summed E-state index contributed by atoms with van der Waals surface area (Å²) in [6, 6.07) is 0. The van der Waals surface area contributed by atoms with Gasteiger partial charge < -0.3 is 24.4 Å². The Morgan fingerprint density at radius 3 is 2.56 bits per heavy atom. The lowest BCUT2D eigenvalue weighted by molar-refractivity contribution is 0.123. The number of nitrogens with two attached hydrogens (primary N) is 1. The maximum absolute atomic E-state index is 5.98. The number of amidine groups is 1. The highest BCUT2D eigenvalue weighted by molar-refractivity contribution is 7.47. The molecule has 6 nitrogen and oxygen atoms in total. The SMILES string of the molecule is C=CN=C(/C(C)=C(\C)N)N(/C=C(/C)CC)CCOCP1OCCCO1. The van der Waals surface area contributed by atoms with Crippen LogP contribution in [0.2, 0.25) is 0 Å². The Hall–Kier alpha value is -1.20. The van der Waals surface area contributed by atoms with Gasteiger partial charge in [-0.3, -0.25) is 0 Å². The third kappa shape index (κ3) is 8.15. The number of allylic oxidation sites excluding steroid dienone is 2. The largest absolute Gasteiger partial charge is 0.402 e.